The summed E-state index contributed by atoms with van der Waals surface area (Å²) in [5, 5.41) is 4.14. The molecule has 0 atom stereocenters. The van der Waals surface area contributed by atoms with Crippen molar-refractivity contribution in [2.75, 3.05) is 5.32 Å². The van der Waals surface area contributed by atoms with Crippen LogP contribution in [0.15, 0.2) is 54.9 Å². The van der Waals surface area contributed by atoms with Gasteiger partial charge in [0.05, 0.1) is 16.1 Å². The van der Waals surface area contributed by atoms with Crippen molar-refractivity contribution in [2.24, 2.45) is 5.41 Å². The van der Waals surface area contributed by atoms with Crippen molar-refractivity contribution in [1.29, 1.82) is 0 Å². The fourth-order valence-corrected chi connectivity index (χ4v) is 4.64. The molecule has 0 saturated heterocycles. The summed E-state index contributed by atoms with van der Waals surface area (Å²) in [5.41, 5.74) is 3.79. The summed E-state index contributed by atoms with van der Waals surface area (Å²) in [5.74, 6) is -0.470. The first-order valence-electron chi connectivity index (χ1n) is 12.6. The molecule has 0 radical (unpaired) electrons. The topological polar surface area (TPSA) is 72.0 Å². The van der Waals surface area contributed by atoms with E-state index in [1.54, 1.807) is 6.07 Å². The summed E-state index contributed by atoms with van der Waals surface area (Å²) in [6, 6.07) is 14.8. The number of rotatable bonds is 8. The van der Waals surface area contributed by atoms with Crippen LogP contribution in [0.2, 0.25) is 5.02 Å². The van der Waals surface area contributed by atoms with Crippen LogP contribution in [0.4, 0.5) is 15.9 Å². The van der Waals surface area contributed by atoms with Crippen molar-refractivity contribution >= 4 is 45.6 Å². The highest BCUT2D eigenvalue weighted by molar-refractivity contribution is 6.34. The van der Waals surface area contributed by atoms with Gasteiger partial charge in [0.15, 0.2) is 5.78 Å². The quantitative estimate of drug-likeness (QED) is 0.235. The predicted molar refractivity (Wildman–Crippen MR) is 151 cm³/mol. The van der Waals surface area contributed by atoms with E-state index in [2.05, 4.69) is 15.3 Å². The van der Waals surface area contributed by atoms with Crippen molar-refractivity contribution in [3.05, 3.63) is 93.5 Å². The Morgan fingerprint density at radius 1 is 1.03 bits per heavy atom. The van der Waals surface area contributed by atoms with Gasteiger partial charge in [-0.25, -0.2) is 14.4 Å². The van der Waals surface area contributed by atoms with E-state index >= 15 is 4.39 Å². The van der Waals surface area contributed by atoms with E-state index in [1.165, 1.54) is 12.4 Å². The smallest absolute Gasteiger partial charge is 0.171 e. The SMILES string of the molecule is Cc1cccc(Nc2ncnc3c(CC(=O)c4c(Cl)ccc(CCC(=O)C(C)(C)C)c4F)c(C)ccc23)c1. The van der Waals surface area contributed by atoms with Gasteiger partial charge in [0.1, 0.15) is 23.7 Å². The number of benzene rings is 3. The van der Waals surface area contributed by atoms with E-state index in [0.717, 1.165) is 22.2 Å². The molecule has 38 heavy (non-hydrogen) atoms. The van der Waals surface area contributed by atoms with E-state index in [4.69, 9.17) is 11.6 Å². The lowest BCUT2D eigenvalue weighted by atomic mass is 9.87. The summed E-state index contributed by atoms with van der Waals surface area (Å²) >= 11 is 6.32. The predicted octanol–water partition coefficient (Wildman–Crippen LogP) is 7.76. The minimum absolute atomic E-state index is 0.0286. The molecule has 1 heterocycles. The monoisotopic (exact) mass is 531 g/mol. The van der Waals surface area contributed by atoms with Crippen molar-refractivity contribution in [2.45, 2.75) is 53.9 Å². The molecule has 7 heteroatoms. The molecular weight excluding hydrogens is 501 g/mol. The van der Waals surface area contributed by atoms with Crippen LogP contribution in [0, 0.1) is 25.1 Å². The largest absolute Gasteiger partial charge is 0.340 e. The van der Waals surface area contributed by atoms with Gasteiger partial charge in [-0.15, -0.1) is 0 Å². The lowest BCUT2D eigenvalue weighted by Crippen LogP contribution is -2.20. The van der Waals surface area contributed by atoms with Crippen LogP contribution in [0.1, 0.15) is 59.8 Å². The van der Waals surface area contributed by atoms with Crippen LogP contribution >= 0.6 is 11.6 Å². The number of carbonyl (C=O) groups is 2. The Labute approximate surface area is 227 Å². The molecule has 4 aromatic rings. The molecule has 0 aliphatic carbocycles. The number of nitrogens with zero attached hydrogens (tertiary/aromatic N) is 2. The summed E-state index contributed by atoms with van der Waals surface area (Å²) in [6.45, 7) is 9.41. The third-order valence-corrected chi connectivity index (χ3v) is 6.99. The molecule has 4 rings (SSSR count). The number of aryl methyl sites for hydroxylation is 3. The molecule has 196 valence electrons. The maximum absolute atomic E-state index is 15.5. The highest BCUT2D eigenvalue weighted by atomic mass is 35.5. The Morgan fingerprint density at radius 3 is 2.50 bits per heavy atom. The molecule has 0 aliphatic heterocycles. The van der Waals surface area contributed by atoms with Gasteiger partial charge in [-0.05, 0) is 66.8 Å². The molecule has 3 aromatic carbocycles. The molecule has 1 aromatic heterocycles. The first-order valence-corrected chi connectivity index (χ1v) is 12.9. The Morgan fingerprint density at radius 2 is 1.79 bits per heavy atom. The number of halogens is 2. The van der Waals surface area contributed by atoms with Gasteiger partial charge < -0.3 is 5.32 Å². The number of hydrogen-bond donors (Lipinski definition) is 1. The average molecular weight is 532 g/mol. The molecule has 0 amide bonds. The summed E-state index contributed by atoms with van der Waals surface area (Å²) in [7, 11) is 0. The van der Waals surface area contributed by atoms with Gasteiger partial charge in [-0.1, -0.05) is 56.6 Å². The number of anilines is 2. The van der Waals surface area contributed by atoms with Gasteiger partial charge in [0.2, 0.25) is 0 Å². The maximum Gasteiger partial charge on any atom is 0.171 e. The molecule has 0 fully saturated rings. The molecule has 0 spiro atoms. The van der Waals surface area contributed by atoms with Crippen molar-refractivity contribution in [3.63, 3.8) is 0 Å². The Kier molecular flexibility index (Phi) is 7.93. The number of fused-ring (bicyclic) bond motifs is 1. The zero-order chi connectivity index (χ0) is 27.6. The van der Waals surface area contributed by atoms with E-state index in [0.29, 0.717) is 22.5 Å². The average Bonchev–Trinajstić information content (AvgIpc) is 2.85. The first-order chi connectivity index (χ1) is 18.0. The van der Waals surface area contributed by atoms with Crippen LogP contribution < -0.4 is 5.32 Å². The molecule has 5 nitrogen and oxygen atoms in total. The van der Waals surface area contributed by atoms with E-state index in [9.17, 15) is 9.59 Å². The lowest BCUT2D eigenvalue weighted by molar-refractivity contribution is -0.126. The standard InChI is InChI=1S/C31H31ClFN3O2/c1-18-7-6-8-21(15-18)36-30-22-12-9-19(2)23(29(22)34-17-35-30)16-25(37)27-24(32)13-10-20(28(27)33)11-14-26(38)31(3,4)5/h6-10,12-13,15,17H,11,14,16H2,1-5H3,(H,34,35,36). The zero-order valence-electron chi connectivity index (χ0n) is 22.3. The molecule has 1 N–H and O–H groups in total. The Balaban J connectivity index is 1.66. The summed E-state index contributed by atoms with van der Waals surface area (Å²) in [4.78, 5) is 34.7. The normalized spacial score (nSPS) is 11.6. The van der Waals surface area contributed by atoms with Crippen LogP contribution in [0.25, 0.3) is 10.9 Å². The Hall–Kier alpha value is -3.64. The van der Waals surface area contributed by atoms with Crippen LogP contribution in [0.5, 0.6) is 0 Å². The third-order valence-electron chi connectivity index (χ3n) is 6.67. The zero-order valence-corrected chi connectivity index (χ0v) is 23.0. The second-order valence-electron chi connectivity index (χ2n) is 10.6. The van der Waals surface area contributed by atoms with Crippen LogP contribution in [-0.2, 0) is 17.6 Å². The minimum Gasteiger partial charge on any atom is -0.340 e. The lowest BCUT2D eigenvalue weighted by Gasteiger charge is -2.17. The number of carbonyl (C=O) groups excluding carboxylic acids is 2. The van der Waals surface area contributed by atoms with Crippen molar-refractivity contribution in [3.8, 4) is 0 Å². The number of ketones is 2. The van der Waals surface area contributed by atoms with Crippen LogP contribution in [-0.4, -0.2) is 21.5 Å². The van der Waals surface area contributed by atoms with Gasteiger partial charge in [0, 0.05) is 29.3 Å². The third kappa shape index (κ3) is 5.91. The maximum atomic E-state index is 15.5. The van der Waals surface area contributed by atoms with Crippen molar-refractivity contribution in [1.82, 2.24) is 9.97 Å². The van der Waals surface area contributed by atoms with Gasteiger partial charge in [-0.3, -0.25) is 9.59 Å². The summed E-state index contributed by atoms with van der Waals surface area (Å²) in [6.07, 6.45) is 1.76. The van der Waals surface area contributed by atoms with E-state index < -0.39 is 17.0 Å². The fraction of sp³-hybridized carbons (Fsp3) is 0.290. The number of hydrogen-bond acceptors (Lipinski definition) is 5. The summed E-state index contributed by atoms with van der Waals surface area (Å²) < 4.78 is 15.5. The first kappa shape index (κ1) is 27.4. The van der Waals surface area contributed by atoms with E-state index in [1.807, 2.05) is 71.0 Å². The molecule has 0 saturated carbocycles. The van der Waals surface area contributed by atoms with Crippen LogP contribution in [0.3, 0.4) is 0 Å². The molecule has 0 unspecified atom stereocenters. The second kappa shape index (κ2) is 11.0. The minimum atomic E-state index is -0.668. The van der Waals surface area contributed by atoms with Crippen molar-refractivity contribution < 1.29 is 14.0 Å². The molecule has 0 bridgehead atoms. The highest BCUT2D eigenvalue weighted by Gasteiger charge is 2.24. The number of Topliss-reactive ketones (excluding diaryl/α,β-unsaturated/α-hetero) is 2. The number of aromatic nitrogens is 2. The molecule has 0 aliphatic rings. The highest BCUT2D eigenvalue weighted by Crippen LogP contribution is 2.31. The van der Waals surface area contributed by atoms with Gasteiger partial charge in [-0.2, -0.15) is 0 Å². The fourth-order valence-electron chi connectivity index (χ4n) is 4.39. The van der Waals surface area contributed by atoms with E-state index in [-0.39, 0.29) is 35.6 Å². The molecular formula is C31H31ClFN3O2. The second-order valence-corrected chi connectivity index (χ2v) is 11.0. The van der Waals surface area contributed by atoms with Gasteiger partial charge >= 0.3 is 0 Å². The Bertz CT molecular complexity index is 1540. The van der Waals surface area contributed by atoms with Gasteiger partial charge in [0.25, 0.3) is 0 Å². The number of nitrogens with one attached hydrogen (secondary N) is 1.